The monoisotopic (exact) mass is 224 g/mol. The first kappa shape index (κ1) is 12.4. The lowest BCUT2D eigenvalue weighted by Crippen LogP contribution is -2.47. The number of hydrogen-bond acceptors (Lipinski definition) is 2. The van der Waals surface area contributed by atoms with Crippen LogP contribution >= 0.6 is 0 Å². The molecule has 1 aliphatic heterocycles. The third-order valence-electron chi connectivity index (χ3n) is 4.91. The Morgan fingerprint density at radius 1 is 1.19 bits per heavy atom. The van der Waals surface area contributed by atoms with Gasteiger partial charge in [0.25, 0.3) is 0 Å². The lowest BCUT2D eigenvalue weighted by atomic mass is 9.79. The van der Waals surface area contributed by atoms with Crippen molar-refractivity contribution >= 4 is 0 Å². The quantitative estimate of drug-likeness (QED) is 0.790. The van der Waals surface area contributed by atoms with E-state index < -0.39 is 0 Å². The van der Waals surface area contributed by atoms with Gasteiger partial charge in [-0.15, -0.1) is 0 Å². The fourth-order valence-corrected chi connectivity index (χ4v) is 3.54. The topological polar surface area (TPSA) is 15.3 Å². The molecule has 2 aliphatic rings. The maximum atomic E-state index is 3.63. The molecule has 94 valence electrons. The van der Waals surface area contributed by atoms with Gasteiger partial charge in [0.05, 0.1) is 0 Å². The third-order valence-corrected chi connectivity index (χ3v) is 4.91. The molecule has 1 saturated heterocycles. The van der Waals surface area contributed by atoms with Gasteiger partial charge in [-0.3, -0.25) is 0 Å². The standard InChI is InChI=1S/C14H28N2/c1-13-7-6-11-16(13)12-10-14(15-2)8-4-3-5-9-14/h13,15H,3-12H2,1-2H3. The lowest BCUT2D eigenvalue weighted by Gasteiger charge is -2.39. The minimum atomic E-state index is 0.473. The van der Waals surface area contributed by atoms with Crippen LogP contribution in [0.15, 0.2) is 0 Å². The molecule has 2 heteroatoms. The Hall–Kier alpha value is -0.0800. The van der Waals surface area contributed by atoms with Crippen LogP contribution in [0.1, 0.15) is 58.3 Å². The Bertz CT molecular complexity index is 209. The second-order valence-electron chi connectivity index (χ2n) is 5.87. The molecule has 16 heavy (non-hydrogen) atoms. The van der Waals surface area contributed by atoms with Gasteiger partial charge < -0.3 is 10.2 Å². The zero-order valence-electron chi connectivity index (χ0n) is 11.1. The van der Waals surface area contributed by atoms with Crippen LogP contribution in [0.5, 0.6) is 0 Å². The van der Waals surface area contributed by atoms with E-state index in [9.17, 15) is 0 Å². The van der Waals surface area contributed by atoms with Crippen LogP contribution in [-0.4, -0.2) is 36.6 Å². The summed E-state index contributed by atoms with van der Waals surface area (Å²) in [7, 11) is 2.17. The Morgan fingerprint density at radius 3 is 2.50 bits per heavy atom. The van der Waals surface area contributed by atoms with E-state index in [0.29, 0.717) is 5.54 Å². The van der Waals surface area contributed by atoms with Crippen molar-refractivity contribution in [1.29, 1.82) is 0 Å². The van der Waals surface area contributed by atoms with E-state index in [-0.39, 0.29) is 0 Å². The summed E-state index contributed by atoms with van der Waals surface area (Å²) < 4.78 is 0. The first-order valence-corrected chi connectivity index (χ1v) is 7.19. The highest BCUT2D eigenvalue weighted by Gasteiger charge is 2.31. The van der Waals surface area contributed by atoms with Crippen molar-refractivity contribution in [3.8, 4) is 0 Å². The van der Waals surface area contributed by atoms with Gasteiger partial charge in [0.1, 0.15) is 0 Å². The molecule has 1 unspecified atom stereocenters. The minimum Gasteiger partial charge on any atom is -0.314 e. The maximum absolute atomic E-state index is 3.63. The van der Waals surface area contributed by atoms with Crippen LogP contribution in [0, 0.1) is 0 Å². The average Bonchev–Trinajstić information content (AvgIpc) is 2.74. The summed E-state index contributed by atoms with van der Waals surface area (Å²) in [5.74, 6) is 0. The highest BCUT2D eigenvalue weighted by molar-refractivity contribution is 4.91. The van der Waals surface area contributed by atoms with Gasteiger partial charge in [0.15, 0.2) is 0 Å². The fraction of sp³-hybridized carbons (Fsp3) is 1.00. The smallest absolute Gasteiger partial charge is 0.0190 e. The van der Waals surface area contributed by atoms with E-state index in [4.69, 9.17) is 0 Å². The van der Waals surface area contributed by atoms with Crippen molar-refractivity contribution < 1.29 is 0 Å². The van der Waals surface area contributed by atoms with E-state index in [1.54, 1.807) is 0 Å². The third kappa shape index (κ3) is 2.78. The summed E-state index contributed by atoms with van der Waals surface area (Å²) in [6, 6.07) is 0.831. The molecule has 1 aliphatic carbocycles. The maximum Gasteiger partial charge on any atom is 0.0190 e. The van der Waals surface area contributed by atoms with Crippen molar-refractivity contribution in [3.63, 3.8) is 0 Å². The van der Waals surface area contributed by atoms with E-state index in [0.717, 1.165) is 6.04 Å². The van der Waals surface area contributed by atoms with Gasteiger partial charge >= 0.3 is 0 Å². The molecular formula is C14H28N2. The molecule has 1 N–H and O–H groups in total. The summed E-state index contributed by atoms with van der Waals surface area (Å²) in [5.41, 5.74) is 0.473. The number of rotatable bonds is 4. The molecule has 0 aromatic carbocycles. The van der Waals surface area contributed by atoms with Crippen LogP contribution in [0.25, 0.3) is 0 Å². The predicted octanol–water partition coefficient (Wildman–Crippen LogP) is 2.78. The largest absolute Gasteiger partial charge is 0.314 e. The SMILES string of the molecule is CNC1(CCN2CCCC2C)CCCCC1. The molecule has 2 nitrogen and oxygen atoms in total. The Labute approximate surface area is 101 Å². The lowest BCUT2D eigenvalue weighted by molar-refractivity contribution is 0.179. The van der Waals surface area contributed by atoms with Gasteiger partial charge in [-0.2, -0.15) is 0 Å². The van der Waals surface area contributed by atoms with Crippen LogP contribution in [0.2, 0.25) is 0 Å². The molecule has 0 radical (unpaired) electrons. The van der Waals surface area contributed by atoms with Gasteiger partial charge in [-0.1, -0.05) is 19.3 Å². The van der Waals surface area contributed by atoms with Crippen molar-refractivity contribution in [1.82, 2.24) is 10.2 Å². The van der Waals surface area contributed by atoms with Crippen LogP contribution in [0.4, 0.5) is 0 Å². The zero-order chi connectivity index (χ0) is 11.4. The first-order chi connectivity index (χ1) is 7.76. The average molecular weight is 224 g/mol. The molecule has 0 aromatic rings. The van der Waals surface area contributed by atoms with Crippen LogP contribution in [0.3, 0.4) is 0 Å². The zero-order valence-corrected chi connectivity index (χ0v) is 11.1. The fourth-order valence-electron chi connectivity index (χ4n) is 3.54. The van der Waals surface area contributed by atoms with Crippen molar-refractivity contribution in [2.45, 2.75) is 69.9 Å². The molecule has 0 amide bonds. The summed E-state index contributed by atoms with van der Waals surface area (Å²) in [6.45, 7) is 5.03. The van der Waals surface area contributed by atoms with E-state index in [2.05, 4.69) is 24.2 Å². The Morgan fingerprint density at radius 2 is 1.94 bits per heavy atom. The van der Waals surface area contributed by atoms with Gasteiger partial charge in [0.2, 0.25) is 0 Å². The van der Waals surface area contributed by atoms with Crippen molar-refractivity contribution in [2.75, 3.05) is 20.1 Å². The molecule has 0 aromatic heterocycles. The van der Waals surface area contributed by atoms with Crippen molar-refractivity contribution in [3.05, 3.63) is 0 Å². The number of likely N-dealkylation sites (tertiary alicyclic amines) is 1. The normalized spacial score (nSPS) is 30.8. The van der Waals surface area contributed by atoms with E-state index in [1.807, 2.05) is 0 Å². The van der Waals surface area contributed by atoms with Crippen molar-refractivity contribution in [2.24, 2.45) is 0 Å². The highest BCUT2D eigenvalue weighted by atomic mass is 15.2. The first-order valence-electron chi connectivity index (χ1n) is 7.19. The number of hydrogen-bond donors (Lipinski definition) is 1. The van der Waals surface area contributed by atoms with E-state index >= 15 is 0 Å². The summed E-state index contributed by atoms with van der Waals surface area (Å²) in [5, 5.41) is 3.63. The Balaban J connectivity index is 1.82. The van der Waals surface area contributed by atoms with Gasteiger partial charge in [0, 0.05) is 18.1 Å². The molecule has 1 atom stereocenters. The molecule has 1 heterocycles. The molecule has 0 bridgehead atoms. The molecule has 2 rings (SSSR count). The summed E-state index contributed by atoms with van der Waals surface area (Å²) in [4.78, 5) is 2.69. The van der Waals surface area contributed by atoms with Crippen LogP contribution in [-0.2, 0) is 0 Å². The second-order valence-corrected chi connectivity index (χ2v) is 5.87. The summed E-state index contributed by atoms with van der Waals surface area (Å²) >= 11 is 0. The second kappa shape index (κ2) is 5.50. The Kier molecular flexibility index (Phi) is 4.26. The summed E-state index contributed by atoms with van der Waals surface area (Å²) in [6.07, 6.45) is 11.3. The minimum absolute atomic E-state index is 0.473. The number of nitrogens with zero attached hydrogens (tertiary/aromatic N) is 1. The molecule has 2 fully saturated rings. The van der Waals surface area contributed by atoms with Gasteiger partial charge in [-0.05, 0) is 52.6 Å². The highest BCUT2D eigenvalue weighted by Crippen LogP contribution is 2.31. The molecule has 0 spiro atoms. The van der Waals surface area contributed by atoms with Crippen LogP contribution < -0.4 is 5.32 Å². The predicted molar refractivity (Wildman–Crippen MR) is 69.8 cm³/mol. The molecule has 1 saturated carbocycles. The van der Waals surface area contributed by atoms with E-state index in [1.165, 1.54) is 64.5 Å². The van der Waals surface area contributed by atoms with Gasteiger partial charge in [-0.25, -0.2) is 0 Å². The number of nitrogens with one attached hydrogen (secondary N) is 1. The molecular weight excluding hydrogens is 196 g/mol.